The standard InChI is InChI=1S/C40H44N2O8/c43-25-5-7-39(47)27-15-21-13-23(31(45)33-29(21)37(39,35(25)49-33)9-11-41(27)17-19-1-2-19)24-14-22-16-28-40(48)8-6-26(44)36-38(40,30(22)34(50-36)32(24)46)10-12-42(28)18-20-3-4-20/h13-14,19-20,27-28,35-36,45-48H,1-12,15-18H2/t27-,28?,35+,36+,37+,38+,39-,40-/m1/s1. The lowest BCUT2D eigenvalue weighted by Crippen LogP contribution is -2.76. The molecular weight excluding hydrogens is 636 g/mol. The number of rotatable bonds is 5. The molecule has 1 unspecified atom stereocenters. The molecule has 8 atom stereocenters. The second-order valence-corrected chi connectivity index (χ2v) is 17.8. The van der Waals surface area contributed by atoms with Crippen LogP contribution in [0.1, 0.15) is 86.5 Å². The number of ether oxygens (including phenoxy) is 2. The van der Waals surface area contributed by atoms with Crippen LogP contribution in [0.15, 0.2) is 12.1 Å². The maximum atomic E-state index is 13.6. The van der Waals surface area contributed by atoms with Crippen molar-refractivity contribution in [3.05, 3.63) is 34.4 Å². The van der Waals surface area contributed by atoms with E-state index in [1.165, 1.54) is 25.7 Å². The van der Waals surface area contributed by atoms with Crippen molar-refractivity contribution in [3.63, 3.8) is 0 Å². The van der Waals surface area contributed by atoms with E-state index in [9.17, 15) is 30.0 Å². The Balaban J connectivity index is 1.04. The number of carbonyl (C=O) groups is 2. The molecule has 6 fully saturated rings. The van der Waals surface area contributed by atoms with E-state index in [2.05, 4.69) is 9.80 Å². The Kier molecular flexibility index (Phi) is 5.33. The summed E-state index contributed by atoms with van der Waals surface area (Å²) < 4.78 is 13.0. The zero-order chi connectivity index (χ0) is 33.7. The molecule has 4 heterocycles. The lowest BCUT2D eigenvalue weighted by atomic mass is 9.48. The fraction of sp³-hybridized carbons (Fsp3) is 0.650. The van der Waals surface area contributed by atoms with Crippen LogP contribution in [-0.4, -0.2) is 103 Å². The summed E-state index contributed by atoms with van der Waals surface area (Å²) in [5, 5.41) is 49.6. The molecule has 4 bridgehead atoms. The minimum Gasteiger partial charge on any atom is -0.504 e. The molecule has 2 spiro atoms. The highest BCUT2D eigenvalue weighted by Gasteiger charge is 2.75. The number of nitrogens with zero attached hydrogens (tertiary/aromatic N) is 2. The smallest absolute Gasteiger partial charge is 0.174 e. The molecule has 262 valence electrons. The van der Waals surface area contributed by atoms with Crippen LogP contribution in [0.4, 0.5) is 0 Å². The van der Waals surface area contributed by atoms with Gasteiger partial charge in [-0.25, -0.2) is 0 Å². The van der Waals surface area contributed by atoms with Crippen LogP contribution in [-0.2, 0) is 33.3 Å². The third-order valence-electron chi connectivity index (χ3n) is 15.6. The SMILES string of the molecule is O=C1CC[C@@]2(O)C3Cc4cc(-c5cc6c7c(c5O)O[C@H]5C(=O)CC[C@@]8(O)[C@@H](C6)N(CC6CC6)CC[C@]758)c(O)c5c4[C@@]2(CCN3CC2CC2)[C@H]1O5. The van der Waals surface area contributed by atoms with Crippen LogP contribution in [0.2, 0.25) is 0 Å². The summed E-state index contributed by atoms with van der Waals surface area (Å²) in [6, 6.07) is 3.56. The van der Waals surface area contributed by atoms with Gasteiger partial charge in [-0.3, -0.25) is 19.4 Å². The molecule has 10 nitrogen and oxygen atoms in total. The average Bonchev–Trinajstić information content (AvgIpc) is 4.02. The number of phenolic OH excluding ortho intramolecular Hbond substituents is 2. The Morgan fingerprint density at radius 1 is 0.660 bits per heavy atom. The topological polar surface area (TPSA) is 140 Å². The van der Waals surface area contributed by atoms with E-state index in [-0.39, 0.29) is 59.5 Å². The quantitative estimate of drug-likeness (QED) is 0.373. The van der Waals surface area contributed by atoms with Crippen LogP contribution in [0.25, 0.3) is 11.1 Å². The number of aliphatic hydroxyl groups is 2. The van der Waals surface area contributed by atoms with Crippen LogP contribution in [0, 0.1) is 11.8 Å². The minimum atomic E-state index is -1.14. The molecule has 6 aliphatic carbocycles. The number of piperidine rings is 2. The van der Waals surface area contributed by atoms with Crippen LogP contribution in [0.3, 0.4) is 0 Å². The molecule has 0 amide bonds. The van der Waals surface area contributed by atoms with Crippen molar-refractivity contribution in [3.8, 4) is 34.1 Å². The zero-order valence-corrected chi connectivity index (χ0v) is 28.2. The molecule has 2 saturated heterocycles. The molecular formula is C40H44N2O8. The summed E-state index contributed by atoms with van der Waals surface area (Å²) >= 11 is 0. The summed E-state index contributed by atoms with van der Waals surface area (Å²) in [6.45, 7) is 3.43. The van der Waals surface area contributed by atoms with Crippen LogP contribution in [0.5, 0.6) is 23.0 Å². The molecule has 50 heavy (non-hydrogen) atoms. The Hall–Kier alpha value is -3.18. The van der Waals surface area contributed by atoms with Gasteiger partial charge in [0.1, 0.15) is 0 Å². The van der Waals surface area contributed by atoms with Crippen molar-refractivity contribution >= 4 is 11.6 Å². The van der Waals surface area contributed by atoms with Gasteiger partial charge in [0.05, 0.1) is 22.0 Å². The first-order chi connectivity index (χ1) is 24.1. The number of ketones is 2. The largest absolute Gasteiger partial charge is 0.504 e. The van der Waals surface area contributed by atoms with Gasteiger partial charge in [-0.05, 0) is 112 Å². The lowest BCUT2D eigenvalue weighted by molar-refractivity contribution is -0.188. The number of phenols is 2. The molecule has 4 saturated carbocycles. The molecule has 2 aromatic rings. The van der Waals surface area contributed by atoms with Gasteiger partial charge in [-0.15, -0.1) is 0 Å². The predicted octanol–water partition coefficient (Wildman–Crippen LogP) is 3.03. The first kappa shape index (κ1) is 29.4. The van der Waals surface area contributed by atoms with Gasteiger partial charge in [0.2, 0.25) is 0 Å². The van der Waals surface area contributed by atoms with Gasteiger partial charge in [-0.2, -0.15) is 0 Å². The van der Waals surface area contributed by atoms with Crippen molar-refractivity contribution < 1.29 is 39.5 Å². The second kappa shape index (κ2) is 9.06. The number of likely N-dealkylation sites (tertiary alicyclic amines) is 2. The van der Waals surface area contributed by atoms with E-state index >= 15 is 0 Å². The van der Waals surface area contributed by atoms with Crippen molar-refractivity contribution in [1.29, 1.82) is 0 Å². The molecule has 0 radical (unpaired) electrons. The highest BCUT2D eigenvalue weighted by atomic mass is 16.5. The van der Waals surface area contributed by atoms with Gasteiger partial charge in [-0.1, -0.05) is 0 Å². The number of carbonyl (C=O) groups excluding carboxylic acids is 2. The molecule has 4 N–H and O–H groups in total. The molecule has 10 aliphatic rings. The van der Waals surface area contributed by atoms with Crippen LogP contribution < -0.4 is 9.47 Å². The third kappa shape index (κ3) is 3.17. The van der Waals surface area contributed by atoms with E-state index in [0.717, 1.165) is 48.4 Å². The first-order valence-corrected chi connectivity index (χ1v) is 19.2. The second-order valence-electron chi connectivity index (χ2n) is 17.8. The van der Waals surface area contributed by atoms with Crippen molar-refractivity contribution in [2.75, 3.05) is 26.2 Å². The number of Topliss-reactive ketones (excluding diaryl/α,β-unsaturated/α-hetero) is 2. The lowest BCUT2D eigenvalue weighted by Gasteiger charge is -2.62. The molecule has 2 aromatic carbocycles. The van der Waals surface area contributed by atoms with Gasteiger partial charge in [0.15, 0.2) is 46.8 Å². The van der Waals surface area contributed by atoms with Gasteiger partial charge in [0.25, 0.3) is 0 Å². The normalized spacial score (nSPS) is 41.8. The molecule has 4 aliphatic heterocycles. The van der Waals surface area contributed by atoms with E-state index in [4.69, 9.17) is 9.47 Å². The Morgan fingerprint density at radius 2 is 1.08 bits per heavy atom. The van der Waals surface area contributed by atoms with E-state index < -0.39 is 34.2 Å². The van der Waals surface area contributed by atoms with E-state index in [1.807, 2.05) is 12.1 Å². The molecule has 10 heteroatoms. The minimum absolute atomic E-state index is 0.0337. The monoisotopic (exact) mass is 680 g/mol. The highest BCUT2D eigenvalue weighted by Crippen LogP contribution is 2.69. The number of hydrogen-bond acceptors (Lipinski definition) is 10. The third-order valence-corrected chi connectivity index (χ3v) is 15.6. The summed E-state index contributed by atoms with van der Waals surface area (Å²) in [7, 11) is 0. The van der Waals surface area contributed by atoms with E-state index in [1.54, 1.807) is 0 Å². The fourth-order valence-electron chi connectivity index (χ4n) is 13.1. The van der Waals surface area contributed by atoms with E-state index in [0.29, 0.717) is 61.5 Å². The number of benzene rings is 2. The highest BCUT2D eigenvalue weighted by molar-refractivity contribution is 5.94. The van der Waals surface area contributed by atoms with Crippen molar-refractivity contribution in [2.45, 2.75) is 123 Å². The number of hydrogen-bond donors (Lipinski definition) is 4. The Labute approximate surface area is 290 Å². The van der Waals surface area contributed by atoms with Crippen molar-refractivity contribution in [2.24, 2.45) is 11.8 Å². The molecule has 0 aromatic heterocycles. The molecule has 12 rings (SSSR count). The Morgan fingerprint density at radius 3 is 1.48 bits per heavy atom. The Bertz CT molecular complexity index is 1830. The fourth-order valence-corrected chi connectivity index (χ4v) is 13.1. The first-order valence-electron chi connectivity index (χ1n) is 19.2. The average molecular weight is 681 g/mol. The van der Waals surface area contributed by atoms with Crippen molar-refractivity contribution in [1.82, 2.24) is 9.80 Å². The van der Waals surface area contributed by atoms with Gasteiger partial charge < -0.3 is 29.9 Å². The maximum Gasteiger partial charge on any atom is 0.174 e. The summed E-state index contributed by atoms with van der Waals surface area (Å²) in [6.07, 6.45) is 6.68. The number of aromatic hydroxyl groups is 2. The van der Waals surface area contributed by atoms with Gasteiger partial charge >= 0.3 is 0 Å². The van der Waals surface area contributed by atoms with Gasteiger partial charge in [0, 0.05) is 60.3 Å². The van der Waals surface area contributed by atoms with Crippen LogP contribution >= 0.6 is 0 Å². The maximum absolute atomic E-state index is 13.6. The summed E-state index contributed by atoms with van der Waals surface area (Å²) in [5.41, 5.74) is 0.126. The zero-order valence-electron chi connectivity index (χ0n) is 28.2. The predicted molar refractivity (Wildman–Crippen MR) is 179 cm³/mol. The summed E-state index contributed by atoms with van der Waals surface area (Å²) in [5.74, 6) is 1.45. The summed E-state index contributed by atoms with van der Waals surface area (Å²) in [4.78, 5) is 32.1.